The van der Waals surface area contributed by atoms with Crippen LogP contribution in [0.1, 0.15) is 60.0 Å². The SMILES string of the molecule is COc1cc(CCCC(CCCc2ccccc2)CN2C[C@H]3CC[C@@H](C2=O)N3C(=O)C(=O)c2cc(OC)c(OC)c(OC)c2)cc(OC)c1OC. The van der Waals surface area contributed by atoms with E-state index in [4.69, 9.17) is 28.4 Å². The monoisotopic (exact) mass is 702 g/mol. The standard InChI is InChI=1S/C40H50N2O9/c1-46-32-20-28(21-33(47-2)37(32)50-5)17-11-16-27(15-10-14-26-12-8-7-9-13-26)24-41-25-30-18-19-31(39(41)44)42(30)40(45)36(43)29-22-34(48-3)38(51-6)35(23-29)49-4/h7-9,12-13,20-23,27,30-31H,10-11,14-19,24-25H2,1-6H3/t27?,30-,31+/m1/s1. The first-order valence-electron chi connectivity index (χ1n) is 17.5. The van der Waals surface area contributed by atoms with Crippen molar-refractivity contribution < 1.29 is 42.8 Å². The fraction of sp³-hybridized carbons (Fsp3) is 0.475. The van der Waals surface area contributed by atoms with Crippen molar-refractivity contribution in [3.05, 3.63) is 71.3 Å². The Balaban J connectivity index is 1.28. The molecule has 3 atom stereocenters. The van der Waals surface area contributed by atoms with E-state index in [1.165, 1.54) is 43.9 Å². The molecule has 1 unspecified atom stereocenters. The van der Waals surface area contributed by atoms with E-state index in [9.17, 15) is 14.4 Å². The number of aryl methyl sites for hydroxylation is 2. The molecule has 2 saturated heterocycles. The molecule has 0 saturated carbocycles. The minimum atomic E-state index is -0.710. The zero-order chi connectivity index (χ0) is 36.5. The number of benzene rings is 3. The largest absolute Gasteiger partial charge is 0.493 e. The minimum absolute atomic E-state index is 0.0903. The molecule has 2 aliphatic heterocycles. The molecule has 2 bridgehead atoms. The number of hydrogen-bond acceptors (Lipinski definition) is 9. The Labute approximate surface area is 300 Å². The maximum atomic E-state index is 14.0. The molecular weight excluding hydrogens is 652 g/mol. The zero-order valence-corrected chi connectivity index (χ0v) is 30.6. The lowest BCUT2D eigenvalue weighted by Gasteiger charge is -2.41. The molecule has 11 nitrogen and oxygen atoms in total. The molecule has 0 aromatic heterocycles. The highest BCUT2D eigenvalue weighted by Gasteiger charge is 2.49. The number of amides is 2. The molecule has 3 aromatic rings. The number of methoxy groups -OCH3 is 6. The first-order valence-corrected chi connectivity index (χ1v) is 17.5. The number of piperazine rings is 1. The highest BCUT2D eigenvalue weighted by Crippen LogP contribution is 2.40. The van der Waals surface area contributed by atoms with E-state index in [1.54, 1.807) is 21.3 Å². The van der Waals surface area contributed by atoms with Gasteiger partial charge < -0.3 is 38.2 Å². The summed E-state index contributed by atoms with van der Waals surface area (Å²) in [5.41, 5.74) is 2.51. The number of carbonyl (C=O) groups excluding carboxylic acids is 3. The van der Waals surface area contributed by atoms with Gasteiger partial charge in [0.05, 0.1) is 48.7 Å². The molecule has 2 heterocycles. The topological polar surface area (TPSA) is 113 Å². The highest BCUT2D eigenvalue weighted by atomic mass is 16.5. The van der Waals surface area contributed by atoms with E-state index in [2.05, 4.69) is 24.3 Å². The summed E-state index contributed by atoms with van der Waals surface area (Å²) in [5.74, 6) is 1.49. The highest BCUT2D eigenvalue weighted by molar-refractivity contribution is 6.43. The molecule has 5 rings (SSSR count). The average molecular weight is 703 g/mol. The van der Waals surface area contributed by atoms with Crippen molar-refractivity contribution in [3.8, 4) is 34.5 Å². The normalized spacial score (nSPS) is 17.2. The van der Waals surface area contributed by atoms with Gasteiger partial charge in [0.15, 0.2) is 23.0 Å². The summed E-state index contributed by atoms with van der Waals surface area (Å²) >= 11 is 0. The second-order valence-corrected chi connectivity index (χ2v) is 13.1. The van der Waals surface area contributed by atoms with Crippen LogP contribution < -0.4 is 28.4 Å². The molecule has 0 radical (unpaired) electrons. The van der Waals surface area contributed by atoms with Crippen LogP contribution >= 0.6 is 0 Å². The summed E-state index contributed by atoms with van der Waals surface area (Å²) in [4.78, 5) is 44.7. The molecule has 2 amide bonds. The fourth-order valence-corrected chi connectivity index (χ4v) is 7.54. The maximum absolute atomic E-state index is 14.0. The quantitative estimate of drug-likeness (QED) is 0.120. The number of likely N-dealkylation sites (tertiary alicyclic amines) is 1. The van der Waals surface area contributed by atoms with E-state index in [0.717, 1.165) is 44.1 Å². The van der Waals surface area contributed by atoms with Gasteiger partial charge in [-0.1, -0.05) is 30.3 Å². The van der Waals surface area contributed by atoms with Gasteiger partial charge in [0, 0.05) is 18.7 Å². The zero-order valence-electron chi connectivity index (χ0n) is 30.6. The lowest BCUT2D eigenvalue weighted by atomic mass is 9.92. The van der Waals surface area contributed by atoms with Crippen LogP contribution in [0.5, 0.6) is 34.5 Å². The third kappa shape index (κ3) is 8.35. The average Bonchev–Trinajstić information content (AvgIpc) is 3.51. The smallest absolute Gasteiger partial charge is 0.295 e. The summed E-state index contributed by atoms with van der Waals surface area (Å²) in [7, 11) is 9.20. The summed E-state index contributed by atoms with van der Waals surface area (Å²) < 4.78 is 32.8. The van der Waals surface area contributed by atoms with Gasteiger partial charge in [-0.2, -0.15) is 0 Å². The number of nitrogens with zero attached hydrogens (tertiary/aromatic N) is 2. The second kappa shape index (κ2) is 17.3. The van der Waals surface area contributed by atoms with E-state index >= 15 is 0 Å². The number of ether oxygens (including phenoxy) is 6. The van der Waals surface area contributed by atoms with Crippen LogP contribution in [-0.4, -0.2) is 95.2 Å². The van der Waals surface area contributed by atoms with Crippen molar-refractivity contribution >= 4 is 17.6 Å². The third-order valence-electron chi connectivity index (χ3n) is 10.1. The molecular formula is C40H50N2O9. The third-order valence-corrected chi connectivity index (χ3v) is 10.1. The van der Waals surface area contributed by atoms with Gasteiger partial charge in [-0.05, 0) is 92.7 Å². The van der Waals surface area contributed by atoms with Gasteiger partial charge in [-0.25, -0.2) is 0 Å². The predicted molar refractivity (Wildman–Crippen MR) is 193 cm³/mol. The number of ketones is 1. The Kier molecular flexibility index (Phi) is 12.7. The molecule has 0 spiro atoms. The summed E-state index contributed by atoms with van der Waals surface area (Å²) in [6.07, 6.45) is 6.79. The van der Waals surface area contributed by atoms with Crippen molar-refractivity contribution in [2.45, 2.75) is 63.5 Å². The number of rotatable bonds is 18. The summed E-state index contributed by atoms with van der Waals surface area (Å²) in [5, 5.41) is 0. The Morgan fingerprint density at radius 3 is 1.76 bits per heavy atom. The van der Waals surface area contributed by atoms with Gasteiger partial charge >= 0.3 is 0 Å². The van der Waals surface area contributed by atoms with Crippen molar-refractivity contribution in [1.29, 1.82) is 0 Å². The Bertz CT molecular complexity index is 1630. The van der Waals surface area contributed by atoms with Crippen LogP contribution in [0, 0.1) is 5.92 Å². The van der Waals surface area contributed by atoms with E-state index < -0.39 is 17.7 Å². The van der Waals surface area contributed by atoms with Crippen molar-refractivity contribution in [1.82, 2.24) is 9.80 Å². The molecule has 0 N–H and O–H groups in total. The van der Waals surface area contributed by atoms with Crippen LogP contribution in [-0.2, 0) is 22.4 Å². The van der Waals surface area contributed by atoms with Gasteiger partial charge in [0.2, 0.25) is 17.4 Å². The lowest BCUT2D eigenvalue weighted by molar-refractivity contribution is -0.149. The summed E-state index contributed by atoms with van der Waals surface area (Å²) in [6, 6.07) is 16.5. The second-order valence-electron chi connectivity index (χ2n) is 13.1. The van der Waals surface area contributed by atoms with Crippen LogP contribution in [0.15, 0.2) is 54.6 Å². The molecule has 274 valence electrons. The van der Waals surface area contributed by atoms with Crippen LogP contribution in [0.4, 0.5) is 0 Å². The Morgan fingerprint density at radius 2 is 1.24 bits per heavy atom. The van der Waals surface area contributed by atoms with Crippen molar-refractivity contribution in [2.75, 3.05) is 55.7 Å². The molecule has 2 fully saturated rings. The predicted octanol–water partition coefficient (Wildman–Crippen LogP) is 5.78. The van der Waals surface area contributed by atoms with Gasteiger partial charge in [-0.15, -0.1) is 0 Å². The first kappa shape index (κ1) is 37.3. The molecule has 0 aliphatic carbocycles. The number of fused-ring (bicyclic) bond motifs is 2. The van der Waals surface area contributed by atoms with E-state index in [1.807, 2.05) is 23.1 Å². The number of Topliss-reactive ketones (excluding diaryl/α,β-unsaturated/α-hetero) is 1. The first-order chi connectivity index (χ1) is 24.8. The van der Waals surface area contributed by atoms with E-state index in [-0.39, 0.29) is 34.9 Å². The number of hydrogen-bond donors (Lipinski definition) is 0. The number of carbonyl (C=O) groups is 3. The van der Waals surface area contributed by atoms with Crippen molar-refractivity contribution in [3.63, 3.8) is 0 Å². The fourth-order valence-electron chi connectivity index (χ4n) is 7.54. The van der Waals surface area contributed by atoms with Crippen LogP contribution in [0.3, 0.4) is 0 Å². The Morgan fingerprint density at radius 1 is 0.706 bits per heavy atom. The van der Waals surface area contributed by atoms with Gasteiger partial charge in [-0.3, -0.25) is 14.4 Å². The molecule has 51 heavy (non-hydrogen) atoms. The Hall–Kier alpha value is -4.93. The maximum Gasteiger partial charge on any atom is 0.295 e. The van der Waals surface area contributed by atoms with Gasteiger partial charge in [0.1, 0.15) is 6.04 Å². The lowest BCUT2D eigenvalue weighted by Crippen LogP contribution is -2.60. The molecule has 3 aromatic carbocycles. The van der Waals surface area contributed by atoms with Crippen LogP contribution in [0.2, 0.25) is 0 Å². The van der Waals surface area contributed by atoms with Gasteiger partial charge in [0.25, 0.3) is 11.7 Å². The molecule has 2 aliphatic rings. The molecule has 11 heteroatoms. The van der Waals surface area contributed by atoms with E-state index in [0.29, 0.717) is 48.9 Å². The minimum Gasteiger partial charge on any atom is -0.493 e. The van der Waals surface area contributed by atoms with Crippen molar-refractivity contribution in [2.24, 2.45) is 5.92 Å². The van der Waals surface area contributed by atoms with Crippen LogP contribution in [0.25, 0.3) is 0 Å². The summed E-state index contributed by atoms with van der Waals surface area (Å²) in [6.45, 7) is 1.02.